The topological polar surface area (TPSA) is 70.2 Å². The summed E-state index contributed by atoms with van der Waals surface area (Å²) < 4.78 is 0. The van der Waals surface area contributed by atoms with Crippen LogP contribution in [-0.4, -0.2) is 24.9 Å². The maximum atomic E-state index is 12.2. The van der Waals surface area contributed by atoms with Crippen molar-refractivity contribution in [2.24, 2.45) is 0 Å². The second-order valence-corrected chi connectivity index (χ2v) is 6.48. The molecule has 0 saturated heterocycles. The first-order chi connectivity index (χ1) is 12.5. The molecule has 2 aromatic carbocycles. The molecule has 0 aliphatic rings. The van der Waals surface area contributed by atoms with Gasteiger partial charge in [0.15, 0.2) is 0 Å². The zero-order valence-corrected chi connectivity index (χ0v) is 15.6. The monoisotopic (exact) mass is 353 g/mol. The van der Waals surface area contributed by atoms with Gasteiger partial charge >= 0.3 is 0 Å². The van der Waals surface area contributed by atoms with Crippen LogP contribution in [-0.2, 0) is 4.79 Å². The molecule has 0 atom stereocenters. The van der Waals surface area contributed by atoms with Crippen LogP contribution in [0.25, 0.3) is 0 Å². The standard InChI is InChI=1S/C21H27N3O2/c1-4-12-22-21(26)16-8-7-9-17(13-16)24-20(25)14-23-19-11-6-5-10-18(19)15(2)3/h5-11,13,15,23H,4,12,14H2,1-3H3,(H,22,26)(H,24,25). The predicted octanol–water partition coefficient (Wildman–Crippen LogP) is 4.00. The minimum Gasteiger partial charge on any atom is -0.376 e. The Morgan fingerprint density at radius 1 is 1.04 bits per heavy atom. The largest absolute Gasteiger partial charge is 0.376 e. The summed E-state index contributed by atoms with van der Waals surface area (Å²) in [6.45, 7) is 7.04. The molecule has 0 saturated carbocycles. The van der Waals surface area contributed by atoms with Gasteiger partial charge in [0.2, 0.25) is 5.91 Å². The molecule has 0 bridgehead atoms. The third-order valence-electron chi connectivity index (χ3n) is 3.97. The number of hydrogen-bond acceptors (Lipinski definition) is 3. The van der Waals surface area contributed by atoms with Gasteiger partial charge < -0.3 is 16.0 Å². The van der Waals surface area contributed by atoms with Crippen molar-refractivity contribution in [3.63, 3.8) is 0 Å². The molecule has 3 N–H and O–H groups in total. The lowest BCUT2D eigenvalue weighted by atomic mass is 10.0. The summed E-state index contributed by atoms with van der Waals surface area (Å²) in [5.74, 6) is 0.0849. The van der Waals surface area contributed by atoms with Crippen LogP contribution < -0.4 is 16.0 Å². The van der Waals surface area contributed by atoms with Gasteiger partial charge in [-0.1, -0.05) is 45.0 Å². The number of carbonyl (C=O) groups is 2. The van der Waals surface area contributed by atoms with E-state index in [2.05, 4.69) is 35.9 Å². The summed E-state index contributed by atoms with van der Waals surface area (Å²) in [5, 5.41) is 8.85. The van der Waals surface area contributed by atoms with Crippen molar-refractivity contribution in [1.29, 1.82) is 0 Å². The molecule has 0 aliphatic heterocycles. The number of carbonyl (C=O) groups excluding carboxylic acids is 2. The van der Waals surface area contributed by atoms with Crippen molar-refractivity contribution in [2.75, 3.05) is 23.7 Å². The van der Waals surface area contributed by atoms with Gasteiger partial charge in [-0.3, -0.25) is 9.59 Å². The predicted molar refractivity (Wildman–Crippen MR) is 107 cm³/mol. The van der Waals surface area contributed by atoms with E-state index < -0.39 is 0 Å². The van der Waals surface area contributed by atoms with Gasteiger partial charge in [-0.05, 0) is 42.2 Å². The molecule has 0 unspecified atom stereocenters. The Hall–Kier alpha value is -2.82. The summed E-state index contributed by atoms with van der Waals surface area (Å²) in [6, 6.07) is 14.9. The highest BCUT2D eigenvalue weighted by molar-refractivity contribution is 5.98. The lowest BCUT2D eigenvalue weighted by Crippen LogP contribution is -2.25. The van der Waals surface area contributed by atoms with Crippen LogP contribution in [0.1, 0.15) is 49.0 Å². The molecular formula is C21H27N3O2. The van der Waals surface area contributed by atoms with Crippen molar-refractivity contribution >= 4 is 23.2 Å². The summed E-state index contributed by atoms with van der Waals surface area (Å²) in [5.41, 5.74) is 3.28. The minimum absolute atomic E-state index is 0.132. The minimum atomic E-state index is -0.158. The van der Waals surface area contributed by atoms with Gasteiger partial charge in [0.25, 0.3) is 5.91 Å². The van der Waals surface area contributed by atoms with E-state index >= 15 is 0 Å². The molecule has 0 aromatic heterocycles. The van der Waals surface area contributed by atoms with Crippen LogP contribution in [0.3, 0.4) is 0 Å². The smallest absolute Gasteiger partial charge is 0.251 e. The van der Waals surface area contributed by atoms with Crippen LogP contribution in [0.4, 0.5) is 11.4 Å². The Bertz CT molecular complexity index is 756. The number of rotatable bonds is 8. The molecule has 26 heavy (non-hydrogen) atoms. The third kappa shape index (κ3) is 5.62. The van der Waals surface area contributed by atoms with E-state index in [4.69, 9.17) is 0 Å². The summed E-state index contributed by atoms with van der Waals surface area (Å²) in [6.07, 6.45) is 0.881. The van der Waals surface area contributed by atoms with E-state index in [1.54, 1.807) is 24.3 Å². The first-order valence-corrected chi connectivity index (χ1v) is 9.02. The molecule has 0 radical (unpaired) electrons. The summed E-state index contributed by atoms with van der Waals surface area (Å²) in [4.78, 5) is 24.3. The van der Waals surface area contributed by atoms with Crippen molar-refractivity contribution in [3.8, 4) is 0 Å². The van der Waals surface area contributed by atoms with Gasteiger partial charge in [0.1, 0.15) is 0 Å². The molecular weight excluding hydrogens is 326 g/mol. The first kappa shape index (κ1) is 19.5. The van der Waals surface area contributed by atoms with Crippen LogP contribution in [0, 0.1) is 0 Å². The number of nitrogens with one attached hydrogen (secondary N) is 3. The quantitative estimate of drug-likeness (QED) is 0.672. The average molecular weight is 353 g/mol. The zero-order valence-electron chi connectivity index (χ0n) is 15.6. The van der Waals surface area contributed by atoms with Crippen LogP contribution >= 0.6 is 0 Å². The van der Waals surface area contributed by atoms with Gasteiger partial charge in [0, 0.05) is 23.5 Å². The fourth-order valence-electron chi connectivity index (χ4n) is 2.62. The van der Waals surface area contributed by atoms with Crippen molar-refractivity contribution in [3.05, 3.63) is 59.7 Å². The SMILES string of the molecule is CCCNC(=O)c1cccc(NC(=O)CNc2ccccc2C(C)C)c1. The molecule has 0 aliphatic carbocycles. The summed E-state index contributed by atoms with van der Waals surface area (Å²) in [7, 11) is 0. The fourth-order valence-corrected chi connectivity index (χ4v) is 2.62. The molecule has 0 spiro atoms. The zero-order chi connectivity index (χ0) is 18.9. The van der Waals surface area contributed by atoms with Crippen molar-refractivity contribution in [2.45, 2.75) is 33.1 Å². The molecule has 138 valence electrons. The van der Waals surface area contributed by atoms with E-state index in [1.807, 2.05) is 25.1 Å². The lowest BCUT2D eigenvalue weighted by Gasteiger charge is -2.14. The Labute approximate surface area is 155 Å². The lowest BCUT2D eigenvalue weighted by molar-refractivity contribution is -0.114. The van der Waals surface area contributed by atoms with E-state index in [1.165, 1.54) is 5.56 Å². The maximum Gasteiger partial charge on any atom is 0.251 e. The average Bonchev–Trinajstić information content (AvgIpc) is 2.64. The highest BCUT2D eigenvalue weighted by atomic mass is 16.2. The molecule has 2 amide bonds. The van der Waals surface area contributed by atoms with Crippen molar-refractivity contribution < 1.29 is 9.59 Å². The normalized spacial score (nSPS) is 10.5. The second kappa shape index (κ2) is 9.61. The number of anilines is 2. The van der Waals surface area contributed by atoms with Crippen LogP contribution in [0.2, 0.25) is 0 Å². The molecule has 5 heteroatoms. The number of benzene rings is 2. The molecule has 0 heterocycles. The van der Waals surface area contributed by atoms with Crippen LogP contribution in [0.5, 0.6) is 0 Å². The van der Waals surface area contributed by atoms with Gasteiger partial charge in [-0.2, -0.15) is 0 Å². The van der Waals surface area contributed by atoms with Gasteiger partial charge in [-0.15, -0.1) is 0 Å². The Kier molecular flexibility index (Phi) is 7.21. The highest BCUT2D eigenvalue weighted by Gasteiger charge is 2.09. The van der Waals surface area contributed by atoms with E-state index in [0.717, 1.165) is 12.1 Å². The Morgan fingerprint density at radius 3 is 2.54 bits per heavy atom. The van der Waals surface area contributed by atoms with E-state index in [-0.39, 0.29) is 18.4 Å². The Morgan fingerprint density at radius 2 is 1.81 bits per heavy atom. The fraction of sp³-hybridized carbons (Fsp3) is 0.333. The van der Waals surface area contributed by atoms with E-state index in [0.29, 0.717) is 23.7 Å². The number of para-hydroxylation sites is 1. The van der Waals surface area contributed by atoms with E-state index in [9.17, 15) is 9.59 Å². The van der Waals surface area contributed by atoms with Crippen LogP contribution in [0.15, 0.2) is 48.5 Å². The second-order valence-electron chi connectivity index (χ2n) is 6.48. The van der Waals surface area contributed by atoms with Gasteiger partial charge in [0.05, 0.1) is 6.54 Å². The van der Waals surface area contributed by atoms with Crippen molar-refractivity contribution in [1.82, 2.24) is 5.32 Å². The first-order valence-electron chi connectivity index (χ1n) is 9.02. The Balaban J connectivity index is 1.95. The number of amides is 2. The van der Waals surface area contributed by atoms with Gasteiger partial charge in [-0.25, -0.2) is 0 Å². The number of hydrogen-bond donors (Lipinski definition) is 3. The molecule has 0 fully saturated rings. The summed E-state index contributed by atoms with van der Waals surface area (Å²) >= 11 is 0. The maximum absolute atomic E-state index is 12.2. The third-order valence-corrected chi connectivity index (χ3v) is 3.97. The highest BCUT2D eigenvalue weighted by Crippen LogP contribution is 2.23. The molecule has 2 rings (SSSR count). The molecule has 2 aromatic rings. The molecule has 5 nitrogen and oxygen atoms in total.